The summed E-state index contributed by atoms with van der Waals surface area (Å²) in [4.78, 5) is 8.97. The smallest absolute Gasteiger partial charge is 0.364 e. The Kier molecular flexibility index (Phi) is 5.79. The molecule has 1 aromatic heterocycles. The van der Waals surface area contributed by atoms with Gasteiger partial charge >= 0.3 is 20.8 Å². The molecule has 108 valence electrons. The maximum atomic E-state index is 12.4. The molecular formula is C10H10Br3N4O2S+. The zero-order valence-corrected chi connectivity index (χ0v) is 15.9. The molecule has 0 aliphatic rings. The summed E-state index contributed by atoms with van der Waals surface area (Å²) in [6.45, 7) is 16.5. The van der Waals surface area contributed by atoms with Crippen LogP contribution in [-0.2, 0) is 16.4 Å². The van der Waals surface area contributed by atoms with Crippen LogP contribution in [0.3, 0.4) is 0 Å². The first-order valence-electron chi connectivity index (χ1n) is 5.42. The highest BCUT2D eigenvalue weighted by molar-refractivity contribution is 9.42. The van der Waals surface area contributed by atoms with Crippen molar-refractivity contribution in [3.8, 4) is 0 Å². The summed E-state index contributed by atoms with van der Waals surface area (Å²) in [5, 5.41) is -0.187. The van der Waals surface area contributed by atoms with E-state index in [9.17, 15) is 8.42 Å². The van der Waals surface area contributed by atoms with Crippen molar-refractivity contribution in [2.75, 3.05) is 0 Å². The normalized spacial score (nSPS) is 11.9. The van der Waals surface area contributed by atoms with Gasteiger partial charge in [0.15, 0.2) is 0 Å². The third kappa shape index (κ3) is 3.25. The fourth-order valence-corrected chi connectivity index (χ4v) is 3.78. The van der Waals surface area contributed by atoms with Crippen molar-refractivity contribution < 1.29 is 13.0 Å². The molecule has 0 unspecified atom stereocenters. The number of nitrogens with zero attached hydrogens (tertiary/aromatic N) is 3. The molecule has 0 saturated heterocycles. The number of H-pyrrole nitrogens is 1. The number of hydrogen-bond acceptors (Lipinski definition) is 2. The van der Waals surface area contributed by atoms with Crippen LogP contribution in [0.4, 0.5) is 11.6 Å². The van der Waals surface area contributed by atoms with E-state index in [1.54, 1.807) is 0 Å². The molecule has 1 aromatic rings. The summed E-state index contributed by atoms with van der Waals surface area (Å²) < 4.78 is 24.6. The van der Waals surface area contributed by atoms with Crippen LogP contribution in [0.15, 0.2) is 5.16 Å². The average Bonchev–Trinajstić information content (AvgIpc) is 2.72. The number of aromatic nitrogens is 2. The summed E-state index contributed by atoms with van der Waals surface area (Å²) in [7, 11) is -3.89. The van der Waals surface area contributed by atoms with Gasteiger partial charge in [0.05, 0.1) is 0 Å². The highest BCUT2D eigenvalue weighted by Crippen LogP contribution is 2.43. The highest BCUT2D eigenvalue weighted by atomic mass is 80.0. The summed E-state index contributed by atoms with van der Waals surface area (Å²) >= 11 is 8.92. The molecule has 1 N–H and O–H groups in total. The van der Waals surface area contributed by atoms with Gasteiger partial charge in [-0.25, -0.2) is 18.0 Å². The van der Waals surface area contributed by atoms with Gasteiger partial charge in [0.2, 0.25) is 1.47 Å². The molecule has 0 bridgehead atoms. The fourth-order valence-electron chi connectivity index (χ4n) is 1.49. The van der Waals surface area contributed by atoms with E-state index in [1.807, 2.05) is 6.92 Å². The summed E-state index contributed by atoms with van der Waals surface area (Å²) in [5.41, 5.74) is 0. The first-order valence-corrected chi connectivity index (χ1v) is 9.29. The Balaban J connectivity index is 3.60. The largest absolute Gasteiger partial charge is 0.405 e. The van der Waals surface area contributed by atoms with Gasteiger partial charge in [-0.05, 0) is 60.8 Å². The topological polar surface area (TPSA) is 62.5 Å². The number of nitrogens with one attached hydrogen (secondary N) is 1. The van der Waals surface area contributed by atoms with Crippen LogP contribution in [0.5, 0.6) is 0 Å². The minimum absolute atomic E-state index is 0.00350. The highest BCUT2D eigenvalue weighted by Gasteiger charge is 2.47. The Morgan fingerprint density at radius 2 is 1.90 bits per heavy atom. The minimum Gasteiger partial charge on any atom is -0.364 e. The van der Waals surface area contributed by atoms with Crippen molar-refractivity contribution >= 4 is 69.3 Å². The molecule has 0 aliphatic heterocycles. The number of rotatable bonds is 4. The molecular weight excluding hydrogens is 480 g/mol. The number of imidazole rings is 1. The third-order valence-electron chi connectivity index (χ3n) is 2.45. The molecule has 0 saturated carbocycles. The molecule has 0 radical (unpaired) electrons. The maximum absolute atomic E-state index is 12.4. The maximum Gasteiger partial charge on any atom is 0.405 e. The van der Waals surface area contributed by atoms with Crippen LogP contribution in [0.2, 0.25) is 0 Å². The van der Waals surface area contributed by atoms with E-state index >= 15 is 0 Å². The van der Waals surface area contributed by atoms with E-state index in [4.69, 9.17) is 13.1 Å². The van der Waals surface area contributed by atoms with Crippen molar-refractivity contribution in [2.24, 2.45) is 0 Å². The van der Waals surface area contributed by atoms with Crippen molar-refractivity contribution in [1.29, 1.82) is 0 Å². The van der Waals surface area contributed by atoms with Crippen molar-refractivity contribution in [3.63, 3.8) is 0 Å². The molecule has 0 fully saturated rings. The SMILES string of the molecule is [C-]#[N+]c1[nH]c(S(=O)(=O)C(Br)(Br)Br)[n+](CCCC)c1[N+]#[C-]. The zero-order valence-electron chi connectivity index (χ0n) is 10.3. The van der Waals surface area contributed by atoms with Gasteiger partial charge in [0.1, 0.15) is 6.54 Å². The minimum atomic E-state index is -3.89. The second-order valence-corrected chi connectivity index (χ2v) is 14.1. The monoisotopic (exact) mass is 487 g/mol. The lowest BCUT2D eigenvalue weighted by Gasteiger charge is -2.10. The Labute approximate surface area is 142 Å². The Bertz CT molecular complexity index is 692. The van der Waals surface area contributed by atoms with E-state index in [0.717, 1.165) is 6.42 Å². The van der Waals surface area contributed by atoms with Crippen LogP contribution in [-0.4, -0.2) is 14.9 Å². The molecule has 10 heteroatoms. The van der Waals surface area contributed by atoms with Gasteiger partial charge in [-0.2, -0.15) is 0 Å². The lowest BCUT2D eigenvalue weighted by molar-refractivity contribution is -0.718. The molecule has 6 nitrogen and oxygen atoms in total. The zero-order chi connectivity index (χ0) is 15.6. The predicted molar refractivity (Wildman–Crippen MR) is 85.1 cm³/mol. The second kappa shape index (κ2) is 6.56. The van der Waals surface area contributed by atoms with E-state index in [1.165, 1.54) is 4.57 Å². The number of aromatic amines is 1. The third-order valence-corrected chi connectivity index (χ3v) is 7.73. The van der Waals surface area contributed by atoms with E-state index in [2.05, 4.69) is 62.5 Å². The van der Waals surface area contributed by atoms with Gasteiger partial charge < -0.3 is 9.69 Å². The molecule has 0 aromatic carbocycles. The number of hydrogen-bond donors (Lipinski definition) is 1. The van der Waals surface area contributed by atoms with Gasteiger partial charge in [-0.3, -0.25) is 0 Å². The molecule has 20 heavy (non-hydrogen) atoms. The summed E-state index contributed by atoms with van der Waals surface area (Å²) in [6.07, 6.45) is 1.54. The number of alkyl halides is 3. The Morgan fingerprint density at radius 3 is 2.30 bits per heavy atom. The lowest BCUT2D eigenvalue weighted by atomic mass is 10.3. The van der Waals surface area contributed by atoms with Crippen LogP contribution >= 0.6 is 47.8 Å². The number of unbranched alkanes of at least 4 members (excludes halogenated alkanes) is 1. The van der Waals surface area contributed by atoms with Gasteiger partial charge in [-0.1, -0.05) is 19.9 Å². The average molecular weight is 490 g/mol. The molecule has 1 rings (SSSR count). The standard InChI is InChI=1S/C10H9Br3N4O2S/c1-4-5-6-17-8(15-3)7(14-2)16-9(17)20(18,19)10(11,12)13/h4-6H2,1H3/p+1. The summed E-state index contributed by atoms with van der Waals surface area (Å²) in [6, 6.07) is 0. The van der Waals surface area contributed by atoms with Gasteiger partial charge in [0.25, 0.3) is 5.82 Å². The first kappa shape index (κ1) is 17.6. The molecule has 0 aliphatic carbocycles. The second-order valence-electron chi connectivity index (χ2n) is 3.78. The van der Waals surface area contributed by atoms with Crippen LogP contribution in [0.25, 0.3) is 9.69 Å². The molecule has 0 spiro atoms. The van der Waals surface area contributed by atoms with Crippen LogP contribution in [0.1, 0.15) is 19.8 Å². The predicted octanol–water partition coefficient (Wildman–Crippen LogP) is 3.77. The molecule has 1 heterocycles. The Morgan fingerprint density at radius 1 is 1.30 bits per heavy atom. The molecule has 0 atom stereocenters. The van der Waals surface area contributed by atoms with Crippen molar-refractivity contribution in [1.82, 2.24) is 4.98 Å². The van der Waals surface area contributed by atoms with Crippen molar-refractivity contribution in [3.05, 3.63) is 22.8 Å². The Hall–Kier alpha value is -0.420. The molecule has 0 amide bonds. The first-order chi connectivity index (χ1) is 9.20. The quantitative estimate of drug-likeness (QED) is 0.397. The van der Waals surface area contributed by atoms with E-state index < -0.39 is 11.3 Å². The van der Waals surface area contributed by atoms with E-state index in [-0.39, 0.29) is 16.8 Å². The van der Waals surface area contributed by atoms with E-state index in [0.29, 0.717) is 13.0 Å². The number of sulfone groups is 1. The van der Waals surface area contributed by atoms with Crippen molar-refractivity contribution in [2.45, 2.75) is 32.9 Å². The van der Waals surface area contributed by atoms with Gasteiger partial charge in [-0.15, -0.1) is 0 Å². The summed E-state index contributed by atoms with van der Waals surface area (Å²) in [5.74, 6) is -0.0739. The van der Waals surface area contributed by atoms with Gasteiger partial charge in [0, 0.05) is 0 Å². The van der Waals surface area contributed by atoms with Crippen LogP contribution in [0, 0.1) is 13.1 Å². The fraction of sp³-hybridized carbons (Fsp3) is 0.500. The lowest BCUT2D eigenvalue weighted by Crippen LogP contribution is -2.40. The van der Waals surface area contributed by atoms with Crippen LogP contribution < -0.4 is 4.57 Å². The number of halogens is 3.